The van der Waals surface area contributed by atoms with Gasteiger partial charge in [-0.15, -0.1) is 0 Å². The van der Waals surface area contributed by atoms with Crippen LogP contribution in [-0.4, -0.2) is 53.7 Å². The quantitative estimate of drug-likeness (QED) is 0.756. The molecule has 0 saturated carbocycles. The molecule has 2 N–H and O–H groups in total. The van der Waals surface area contributed by atoms with E-state index in [0.29, 0.717) is 5.69 Å². The number of methoxy groups -OCH3 is 1. The van der Waals surface area contributed by atoms with E-state index in [4.69, 9.17) is 9.84 Å². The number of carbonyl (C=O) groups excluding carboxylic acids is 2. The number of β-amino-alcohol motifs (C(OH)–C–C–N with tert-alkyl or cyclic N) is 1. The normalized spacial score (nSPS) is 13.9. The number of aliphatic hydroxyl groups excluding tert-OH is 1. The Hall–Kier alpha value is -3.19. The molecule has 3 rings (SSSR count). The molecule has 7 heteroatoms. The number of amides is 1. The van der Waals surface area contributed by atoms with Crippen molar-refractivity contribution in [3.8, 4) is 11.3 Å². The number of benzene rings is 1. The first-order chi connectivity index (χ1) is 13.0. The molecule has 0 unspecified atom stereocenters. The molecule has 1 aromatic heterocycles. The molecule has 0 aliphatic carbocycles. The van der Waals surface area contributed by atoms with Crippen LogP contribution in [0.3, 0.4) is 0 Å². The smallest absolute Gasteiger partial charge is 0.337 e. The van der Waals surface area contributed by atoms with Crippen molar-refractivity contribution in [2.45, 2.75) is 6.92 Å². The number of hydrogen-bond acceptors (Lipinski definition) is 6. The molecule has 140 valence electrons. The second-order valence-corrected chi connectivity index (χ2v) is 6.22. The minimum absolute atomic E-state index is 0.111. The van der Waals surface area contributed by atoms with Gasteiger partial charge in [-0.05, 0) is 30.7 Å². The van der Waals surface area contributed by atoms with E-state index in [2.05, 4.69) is 10.3 Å². The maximum absolute atomic E-state index is 12.5. The molecule has 0 radical (unpaired) electrons. The largest absolute Gasteiger partial charge is 0.466 e. The topological polar surface area (TPSA) is 91.8 Å². The molecular weight excluding hydrogens is 346 g/mol. The zero-order valence-electron chi connectivity index (χ0n) is 15.2. The Kier molecular flexibility index (Phi) is 5.52. The van der Waals surface area contributed by atoms with Gasteiger partial charge in [-0.3, -0.25) is 9.78 Å². The van der Waals surface area contributed by atoms with Gasteiger partial charge in [0, 0.05) is 24.0 Å². The molecule has 27 heavy (non-hydrogen) atoms. The van der Waals surface area contributed by atoms with Crippen LogP contribution in [0, 0.1) is 6.92 Å². The highest BCUT2D eigenvalue weighted by atomic mass is 16.5. The summed E-state index contributed by atoms with van der Waals surface area (Å²) in [6, 6.07) is 11.4. The number of aromatic nitrogens is 1. The highest BCUT2D eigenvalue weighted by Gasteiger charge is 2.34. The Morgan fingerprint density at radius 2 is 2.00 bits per heavy atom. The van der Waals surface area contributed by atoms with Crippen LogP contribution >= 0.6 is 0 Å². The van der Waals surface area contributed by atoms with E-state index < -0.39 is 5.97 Å². The van der Waals surface area contributed by atoms with Crippen LogP contribution < -0.4 is 5.32 Å². The highest BCUT2D eigenvalue weighted by molar-refractivity contribution is 6.08. The summed E-state index contributed by atoms with van der Waals surface area (Å²) < 4.78 is 4.78. The molecule has 1 aliphatic rings. The molecular formula is C20H21N3O4. The zero-order valence-corrected chi connectivity index (χ0v) is 15.2. The van der Waals surface area contributed by atoms with Gasteiger partial charge in [0.2, 0.25) is 0 Å². The highest BCUT2D eigenvalue weighted by Crippen LogP contribution is 2.25. The van der Waals surface area contributed by atoms with Gasteiger partial charge in [-0.25, -0.2) is 4.79 Å². The van der Waals surface area contributed by atoms with Crippen molar-refractivity contribution in [1.29, 1.82) is 0 Å². The van der Waals surface area contributed by atoms with E-state index >= 15 is 0 Å². The van der Waals surface area contributed by atoms with Gasteiger partial charge >= 0.3 is 5.97 Å². The Balaban J connectivity index is 1.82. The molecule has 1 amide bonds. The van der Waals surface area contributed by atoms with Gasteiger partial charge in [0.25, 0.3) is 5.91 Å². The van der Waals surface area contributed by atoms with E-state index in [1.165, 1.54) is 12.0 Å². The fourth-order valence-electron chi connectivity index (χ4n) is 2.86. The van der Waals surface area contributed by atoms with Crippen molar-refractivity contribution >= 4 is 17.6 Å². The molecule has 0 saturated heterocycles. The van der Waals surface area contributed by atoms with Crippen LogP contribution in [0.15, 0.2) is 53.9 Å². The first kappa shape index (κ1) is 18.6. The SMILES string of the molecule is COC(=O)C1=C(Nc2ccc(-c3ccc(C)cn3)cc2)C(=O)N(CCO)C1. The van der Waals surface area contributed by atoms with Crippen molar-refractivity contribution in [2.75, 3.05) is 32.1 Å². The number of nitrogens with zero attached hydrogens (tertiary/aromatic N) is 2. The average molecular weight is 367 g/mol. The number of esters is 1. The number of nitrogens with one attached hydrogen (secondary N) is 1. The maximum atomic E-state index is 12.5. The predicted molar refractivity (Wildman–Crippen MR) is 101 cm³/mol. The lowest BCUT2D eigenvalue weighted by molar-refractivity contribution is -0.136. The van der Waals surface area contributed by atoms with Crippen molar-refractivity contribution in [2.24, 2.45) is 0 Å². The molecule has 0 bridgehead atoms. The lowest BCUT2D eigenvalue weighted by atomic mass is 10.1. The standard InChI is InChI=1S/C20H21N3O4/c1-13-3-8-17(21-11-13)14-4-6-15(7-5-14)22-18-16(20(26)27-2)12-23(9-10-24)19(18)25/h3-8,11,22,24H,9-10,12H2,1-2H3. The summed E-state index contributed by atoms with van der Waals surface area (Å²) in [5.41, 5.74) is 3.99. The van der Waals surface area contributed by atoms with E-state index in [1.54, 1.807) is 0 Å². The van der Waals surface area contributed by atoms with Crippen molar-refractivity contribution in [3.05, 3.63) is 59.4 Å². The third-order valence-corrected chi connectivity index (χ3v) is 4.31. The molecule has 2 heterocycles. The number of rotatable bonds is 6. The third kappa shape index (κ3) is 3.98. The Morgan fingerprint density at radius 1 is 1.26 bits per heavy atom. The van der Waals surface area contributed by atoms with Crippen LogP contribution in [0.2, 0.25) is 0 Å². The number of pyridine rings is 1. The van der Waals surface area contributed by atoms with E-state index in [9.17, 15) is 9.59 Å². The van der Waals surface area contributed by atoms with Gasteiger partial charge in [-0.2, -0.15) is 0 Å². The summed E-state index contributed by atoms with van der Waals surface area (Å²) in [5, 5.41) is 12.1. The van der Waals surface area contributed by atoms with E-state index in [0.717, 1.165) is 16.8 Å². The van der Waals surface area contributed by atoms with Crippen LogP contribution in [0.4, 0.5) is 5.69 Å². The van der Waals surface area contributed by atoms with Crippen LogP contribution in [-0.2, 0) is 14.3 Å². The Morgan fingerprint density at radius 3 is 2.59 bits per heavy atom. The molecule has 2 aromatic rings. The summed E-state index contributed by atoms with van der Waals surface area (Å²) in [5.74, 6) is -0.902. The fraction of sp³-hybridized carbons (Fsp3) is 0.250. The maximum Gasteiger partial charge on any atom is 0.337 e. The molecule has 0 atom stereocenters. The fourth-order valence-corrected chi connectivity index (χ4v) is 2.86. The monoisotopic (exact) mass is 367 g/mol. The third-order valence-electron chi connectivity index (χ3n) is 4.31. The molecule has 0 spiro atoms. The van der Waals surface area contributed by atoms with Crippen molar-refractivity contribution < 1.29 is 19.4 Å². The Bertz CT molecular complexity index is 873. The molecule has 7 nitrogen and oxygen atoms in total. The first-order valence-corrected chi connectivity index (χ1v) is 8.55. The second-order valence-electron chi connectivity index (χ2n) is 6.22. The predicted octanol–water partition coefficient (Wildman–Crippen LogP) is 1.73. The lowest BCUT2D eigenvalue weighted by Crippen LogP contribution is -2.31. The lowest BCUT2D eigenvalue weighted by Gasteiger charge is -2.15. The van der Waals surface area contributed by atoms with Crippen LogP contribution in [0.1, 0.15) is 5.56 Å². The van der Waals surface area contributed by atoms with Crippen molar-refractivity contribution in [3.63, 3.8) is 0 Å². The average Bonchev–Trinajstić information content (AvgIpc) is 2.99. The minimum atomic E-state index is -0.563. The van der Waals surface area contributed by atoms with Gasteiger partial charge < -0.3 is 20.1 Å². The summed E-state index contributed by atoms with van der Waals surface area (Å²) in [6.45, 7) is 2.07. The van der Waals surface area contributed by atoms with E-state index in [-0.39, 0.29) is 36.9 Å². The minimum Gasteiger partial charge on any atom is -0.466 e. The summed E-state index contributed by atoms with van der Waals surface area (Å²) in [4.78, 5) is 30.3. The zero-order chi connectivity index (χ0) is 19.4. The van der Waals surface area contributed by atoms with Crippen LogP contribution in [0.5, 0.6) is 0 Å². The molecule has 1 aliphatic heterocycles. The van der Waals surface area contributed by atoms with Gasteiger partial charge in [0.15, 0.2) is 0 Å². The number of anilines is 1. The van der Waals surface area contributed by atoms with Gasteiger partial charge in [-0.1, -0.05) is 18.2 Å². The van der Waals surface area contributed by atoms with Crippen molar-refractivity contribution in [1.82, 2.24) is 9.88 Å². The molecule has 1 aromatic carbocycles. The second kappa shape index (κ2) is 8.01. The molecule has 0 fully saturated rings. The number of aliphatic hydroxyl groups is 1. The summed E-state index contributed by atoms with van der Waals surface area (Å²) >= 11 is 0. The first-order valence-electron chi connectivity index (χ1n) is 8.55. The summed E-state index contributed by atoms with van der Waals surface area (Å²) in [6.07, 6.45) is 1.81. The Labute approximate surface area is 157 Å². The van der Waals surface area contributed by atoms with Gasteiger partial charge in [0.1, 0.15) is 5.70 Å². The number of aryl methyl sites for hydroxylation is 1. The number of carbonyl (C=O) groups is 2. The van der Waals surface area contributed by atoms with Crippen LogP contribution in [0.25, 0.3) is 11.3 Å². The number of hydrogen-bond donors (Lipinski definition) is 2. The van der Waals surface area contributed by atoms with E-state index in [1.807, 2.05) is 49.5 Å². The number of ether oxygens (including phenoxy) is 1. The summed E-state index contributed by atoms with van der Waals surface area (Å²) in [7, 11) is 1.27. The van der Waals surface area contributed by atoms with Gasteiger partial charge in [0.05, 0.1) is 31.5 Å².